The molecule has 2 aliphatic rings. The van der Waals surface area contributed by atoms with E-state index in [9.17, 15) is 9.59 Å². The summed E-state index contributed by atoms with van der Waals surface area (Å²) in [6.45, 7) is 2.74. The van der Waals surface area contributed by atoms with Crippen LogP contribution in [0.3, 0.4) is 0 Å². The lowest BCUT2D eigenvalue weighted by molar-refractivity contribution is -0.117. The summed E-state index contributed by atoms with van der Waals surface area (Å²) >= 11 is 0. The molecule has 4 N–H and O–H groups in total. The van der Waals surface area contributed by atoms with Gasteiger partial charge in [-0.15, -0.1) is 0 Å². The van der Waals surface area contributed by atoms with Crippen LogP contribution in [-0.4, -0.2) is 67.1 Å². The smallest absolute Gasteiger partial charge is 0.256 e. The lowest BCUT2D eigenvalue weighted by atomic mass is 9.91. The molecule has 2 fully saturated rings. The summed E-state index contributed by atoms with van der Waals surface area (Å²) in [6.07, 6.45) is 12.6. The molecule has 43 heavy (non-hydrogen) atoms. The van der Waals surface area contributed by atoms with Gasteiger partial charge in [-0.3, -0.25) is 14.5 Å². The number of anilines is 2. The highest BCUT2D eigenvalue weighted by Crippen LogP contribution is 2.36. The van der Waals surface area contributed by atoms with Crippen LogP contribution in [0.1, 0.15) is 60.5 Å². The monoisotopic (exact) mass is 579 g/mol. The lowest BCUT2D eigenvalue weighted by Crippen LogP contribution is -2.37. The van der Waals surface area contributed by atoms with Crippen LogP contribution >= 0.6 is 0 Å². The van der Waals surface area contributed by atoms with Gasteiger partial charge in [0.25, 0.3) is 5.91 Å². The van der Waals surface area contributed by atoms with E-state index in [-0.39, 0.29) is 23.9 Å². The molecular weight excluding hydrogens is 542 g/mol. The summed E-state index contributed by atoms with van der Waals surface area (Å²) < 4.78 is 1.96. The van der Waals surface area contributed by atoms with Gasteiger partial charge in [0.1, 0.15) is 23.7 Å². The van der Waals surface area contributed by atoms with E-state index < -0.39 is 0 Å². The van der Waals surface area contributed by atoms with Crippen LogP contribution in [0.2, 0.25) is 0 Å². The van der Waals surface area contributed by atoms with E-state index in [1.165, 1.54) is 19.2 Å². The number of amides is 2. The first-order valence-corrected chi connectivity index (χ1v) is 14.9. The second-order valence-electron chi connectivity index (χ2n) is 11.6. The summed E-state index contributed by atoms with van der Waals surface area (Å²) in [6, 6.07) is 11.9. The number of nitrogens with two attached hydrogens (primary N) is 1. The van der Waals surface area contributed by atoms with Crippen molar-refractivity contribution < 1.29 is 9.59 Å². The second kappa shape index (κ2) is 12.3. The van der Waals surface area contributed by atoms with Gasteiger partial charge in [-0.05, 0) is 82.3 Å². The fourth-order valence-electron chi connectivity index (χ4n) is 5.73. The molecule has 3 aromatic heterocycles. The topological polar surface area (TPSA) is 144 Å². The molecule has 1 aromatic carbocycles. The average Bonchev–Trinajstić information content (AvgIpc) is 3.78. The van der Waals surface area contributed by atoms with E-state index in [4.69, 9.17) is 10.8 Å². The molecule has 3 heterocycles. The number of rotatable bonds is 9. The maximum Gasteiger partial charge on any atom is 0.256 e. The molecule has 0 saturated heterocycles. The van der Waals surface area contributed by atoms with Crippen molar-refractivity contribution in [2.45, 2.75) is 63.6 Å². The minimum atomic E-state index is -0.243. The number of likely N-dealkylation sites (N-methyl/N-ethyl adjacent to an activating group) is 1. The number of carbonyl (C=O) groups excluding carboxylic acids is 2. The van der Waals surface area contributed by atoms with Gasteiger partial charge in [-0.1, -0.05) is 18.2 Å². The number of pyridine rings is 1. The first-order valence-electron chi connectivity index (χ1n) is 14.9. The van der Waals surface area contributed by atoms with E-state index in [1.807, 2.05) is 41.9 Å². The maximum absolute atomic E-state index is 12.8. The third-order valence-electron chi connectivity index (χ3n) is 8.32. The van der Waals surface area contributed by atoms with Gasteiger partial charge in [0, 0.05) is 42.0 Å². The number of nitrogens with zero attached hydrogens (tertiary/aromatic N) is 6. The van der Waals surface area contributed by atoms with E-state index in [0.717, 1.165) is 43.4 Å². The third kappa shape index (κ3) is 6.56. The SMILES string of the molecule is Cc1ccnc(NC(=O)c2ccc(-c3nn(C4CCC(NC(=O)C=CCN(C)C5CC5)CC4)c4ncnc(N)c34)cc2)c1. The zero-order valence-electron chi connectivity index (χ0n) is 24.5. The number of fused-ring (bicyclic) bond motifs is 1. The standard InChI is InChI=1S/C32H37N9O2/c1-20-15-16-34-26(18-20)38-32(43)22-7-5-21(6-8-22)29-28-30(33)35-19-36-31(28)41(39-29)25-11-9-23(10-12-25)37-27(42)4-3-17-40(2)24-13-14-24/h3-8,15-16,18-19,23-25H,9-14,17H2,1-2H3,(H,37,42)(H2,33,35,36)(H,34,38,43). The van der Waals surface area contributed by atoms with Crippen molar-refractivity contribution in [2.75, 3.05) is 24.6 Å². The van der Waals surface area contributed by atoms with E-state index in [1.54, 1.807) is 24.4 Å². The molecule has 0 spiro atoms. The molecular formula is C32H37N9O2. The highest BCUT2D eigenvalue weighted by Gasteiger charge is 2.28. The summed E-state index contributed by atoms with van der Waals surface area (Å²) in [5.74, 6) is 0.588. The van der Waals surface area contributed by atoms with Crippen LogP contribution in [0.4, 0.5) is 11.6 Å². The molecule has 0 bridgehead atoms. The van der Waals surface area contributed by atoms with Crippen molar-refractivity contribution >= 4 is 34.5 Å². The van der Waals surface area contributed by atoms with Gasteiger partial charge < -0.3 is 16.4 Å². The van der Waals surface area contributed by atoms with Crippen LogP contribution in [-0.2, 0) is 4.79 Å². The Labute approximate surface area is 250 Å². The number of hydrogen-bond donors (Lipinski definition) is 3. The van der Waals surface area contributed by atoms with Crippen molar-refractivity contribution in [1.82, 2.24) is 34.9 Å². The minimum Gasteiger partial charge on any atom is -0.383 e. The molecule has 11 nitrogen and oxygen atoms in total. The predicted octanol–water partition coefficient (Wildman–Crippen LogP) is 4.28. The number of aromatic nitrogens is 5. The molecule has 11 heteroatoms. The van der Waals surface area contributed by atoms with Gasteiger partial charge in [0.2, 0.25) is 5.91 Å². The number of nitrogen functional groups attached to an aromatic ring is 1. The molecule has 0 atom stereocenters. The Morgan fingerprint density at radius 3 is 2.53 bits per heavy atom. The molecule has 2 amide bonds. The van der Waals surface area contributed by atoms with E-state index in [2.05, 4.69) is 37.5 Å². The normalized spacial score (nSPS) is 18.8. The Hall–Kier alpha value is -4.64. The average molecular weight is 580 g/mol. The zero-order chi connectivity index (χ0) is 29.9. The van der Waals surface area contributed by atoms with Crippen molar-refractivity contribution in [1.29, 1.82) is 0 Å². The van der Waals surface area contributed by atoms with Crippen LogP contribution in [0.5, 0.6) is 0 Å². The molecule has 2 saturated carbocycles. The van der Waals surface area contributed by atoms with Gasteiger partial charge >= 0.3 is 0 Å². The predicted molar refractivity (Wildman–Crippen MR) is 166 cm³/mol. The van der Waals surface area contributed by atoms with Gasteiger partial charge in [-0.25, -0.2) is 19.6 Å². The minimum absolute atomic E-state index is 0.0349. The molecule has 0 unspecified atom stereocenters. The summed E-state index contributed by atoms with van der Waals surface area (Å²) in [7, 11) is 2.10. The van der Waals surface area contributed by atoms with Gasteiger partial charge in [0.15, 0.2) is 5.65 Å². The van der Waals surface area contributed by atoms with E-state index >= 15 is 0 Å². The summed E-state index contributed by atoms with van der Waals surface area (Å²) in [4.78, 5) is 40.6. The first-order chi connectivity index (χ1) is 20.9. The fraction of sp³-hybridized carbons (Fsp3) is 0.375. The van der Waals surface area contributed by atoms with E-state index in [0.29, 0.717) is 40.0 Å². The first kappa shape index (κ1) is 28.5. The highest BCUT2D eigenvalue weighted by molar-refractivity contribution is 6.04. The second-order valence-corrected chi connectivity index (χ2v) is 11.6. The zero-order valence-corrected chi connectivity index (χ0v) is 24.5. The molecule has 4 aromatic rings. The van der Waals surface area contributed by atoms with Crippen molar-refractivity contribution in [3.8, 4) is 11.3 Å². The van der Waals surface area contributed by atoms with Crippen LogP contribution in [0.15, 0.2) is 61.1 Å². The van der Waals surface area contributed by atoms with Crippen molar-refractivity contribution in [3.05, 3.63) is 72.2 Å². The van der Waals surface area contributed by atoms with Crippen molar-refractivity contribution in [3.63, 3.8) is 0 Å². The molecule has 2 aliphatic carbocycles. The van der Waals surface area contributed by atoms with Gasteiger partial charge in [0.05, 0.1) is 11.4 Å². The third-order valence-corrected chi connectivity index (χ3v) is 8.32. The Kier molecular flexibility index (Phi) is 8.15. The van der Waals surface area contributed by atoms with Crippen LogP contribution < -0.4 is 16.4 Å². The molecule has 0 radical (unpaired) electrons. The Bertz CT molecular complexity index is 1650. The number of nitrogens with one attached hydrogen (secondary N) is 2. The Morgan fingerprint density at radius 2 is 1.81 bits per heavy atom. The quantitative estimate of drug-likeness (QED) is 0.249. The molecule has 6 rings (SSSR count). The maximum atomic E-state index is 12.8. The Balaban J connectivity index is 1.13. The number of hydrogen-bond acceptors (Lipinski definition) is 8. The Morgan fingerprint density at radius 1 is 1.05 bits per heavy atom. The number of aryl methyl sites for hydroxylation is 1. The largest absolute Gasteiger partial charge is 0.383 e. The molecule has 0 aliphatic heterocycles. The summed E-state index contributed by atoms with van der Waals surface area (Å²) in [5.41, 5.74) is 10.0. The number of benzene rings is 1. The fourth-order valence-corrected chi connectivity index (χ4v) is 5.73. The number of carbonyl (C=O) groups is 2. The van der Waals surface area contributed by atoms with Crippen molar-refractivity contribution in [2.24, 2.45) is 0 Å². The van der Waals surface area contributed by atoms with Gasteiger partial charge in [-0.2, -0.15) is 5.10 Å². The lowest BCUT2D eigenvalue weighted by Gasteiger charge is -2.29. The summed E-state index contributed by atoms with van der Waals surface area (Å²) in [5, 5.41) is 11.7. The van der Waals surface area contributed by atoms with Crippen LogP contribution in [0.25, 0.3) is 22.3 Å². The van der Waals surface area contributed by atoms with Crippen LogP contribution in [0, 0.1) is 6.92 Å². The highest BCUT2D eigenvalue weighted by atomic mass is 16.2. The molecule has 222 valence electrons.